The number of carbonyl (C=O) groups excluding carboxylic acids is 1. The van der Waals surface area contributed by atoms with E-state index in [2.05, 4.69) is 15.4 Å². The smallest absolute Gasteiger partial charge is 0.267 e. The molecule has 26 heavy (non-hydrogen) atoms. The summed E-state index contributed by atoms with van der Waals surface area (Å²) >= 11 is 5.88. The molecule has 0 aliphatic rings. The van der Waals surface area contributed by atoms with Gasteiger partial charge in [-0.05, 0) is 24.3 Å². The number of amides is 1. The molecule has 7 nitrogen and oxygen atoms in total. The Labute approximate surface area is 154 Å². The molecule has 0 aliphatic heterocycles. The van der Waals surface area contributed by atoms with E-state index >= 15 is 0 Å². The van der Waals surface area contributed by atoms with Crippen LogP contribution in [0.3, 0.4) is 0 Å². The fourth-order valence-electron chi connectivity index (χ4n) is 2.25. The minimum Gasteiger partial charge on any atom is -0.481 e. The van der Waals surface area contributed by atoms with E-state index in [1.807, 2.05) is 0 Å². The fourth-order valence-corrected chi connectivity index (χ4v) is 2.37. The van der Waals surface area contributed by atoms with Gasteiger partial charge in [-0.1, -0.05) is 23.7 Å². The van der Waals surface area contributed by atoms with Crippen molar-refractivity contribution in [3.8, 4) is 17.1 Å². The summed E-state index contributed by atoms with van der Waals surface area (Å²) in [7, 11) is 1.51. The van der Waals surface area contributed by atoms with Crippen LogP contribution in [0.15, 0.2) is 59.5 Å². The highest BCUT2D eigenvalue weighted by atomic mass is 35.5. The molecular weight excluding hydrogens is 356 g/mol. The number of hydrogen-bond acceptors (Lipinski definition) is 5. The Kier molecular flexibility index (Phi) is 5.28. The number of anilines is 1. The second kappa shape index (κ2) is 7.79. The van der Waals surface area contributed by atoms with Crippen molar-refractivity contribution in [1.82, 2.24) is 14.8 Å². The molecule has 0 aliphatic carbocycles. The lowest BCUT2D eigenvalue weighted by atomic mass is 10.1. The summed E-state index contributed by atoms with van der Waals surface area (Å²) in [5, 5.41) is 7.51. The first-order chi connectivity index (χ1) is 12.5. The average molecular weight is 371 g/mol. The SMILES string of the molecule is COc1ccc(NC(=O)Cn2nc(-c3ccc(Cl)cc3)ccc2=O)cn1. The normalized spacial score (nSPS) is 10.4. The van der Waals surface area contributed by atoms with Gasteiger partial charge in [-0.2, -0.15) is 5.10 Å². The van der Waals surface area contributed by atoms with E-state index in [1.165, 1.54) is 19.4 Å². The number of nitrogens with one attached hydrogen (secondary N) is 1. The summed E-state index contributed by atoms with van der Waals surface area (Å²) < 4.78 is 6.07. The Morgan fingerprint density at radius 2 is 1.92 bits per heavy atom. The molecule has 8 heteroatoms. The van der Waals surface area contributed by atoms with Crippen LogP contribution in [0.2, 0.25) is 5.02 Å². The Hall–Kier alpha value is -3.19. The van der Waals surface area contributed by atoms with Crippen LogP contribution < -0.4 is 15.6 Å². The molecule has 0 unspecified atom stereocenters. The zero-order valence-corrected chi connectivity index (χ0v) is 14.6. The maximum absolute atomic E-state index is 12.2. The van der Waals surface area contributed by atoms with Crippen molar-refractivity contribution in [1.29, 1.82) is 0 Å². The number of methoxy groups -OCH3 is 1. The number of pyridine rings is 1. The van der Waals surface area contributed by atoms with E-state index in [4.69, 9.17) is 16.3 Å². The minimum absolute atomic E-state index is 0.216. The fraction of sp³-hybridized carbons (Fsp3) is 0.111. The standard InChI is InChI=1S/C18H15ClN4O3/c1-26-17-8-6-14(10-20-17)21-16(24)11-23-18(25)9-7-15(22-23)12-2-4-13(19)5-3-12/h2-10H,11H2,1H3,(H,21,24). The lowest BCUT2D eigenvalue weighted by Crippen LogP contribution is -2.29. The van der Waals surface area contributed by atoms with E-state index < -0.39 is 0 Å². The predicted octanol–water partition coefficient (Wildman–Crippen LogP) is 2.61. The van der Waals surface area contributed by atoms with Gasteiger partial charge in [0.2, 0.25) is 11.8 Å². The number of nitrogens with zero attached hydrogens (tertiary/aromatic N) is 3. The number of carbonyl (C=O) groups is 1. The third-order valence-electron chi connectivity index (χ3n) is 3.53. The van der Waals surface area contributed by atoms with Crippen LogP contribution in [-0.2, 0) is 11.3 Å². The van der Waals surface area contributed by atoms with E-state index in [9.17, 15) is 9.59 Å². The summed E-state index contributed by atoms with van der Waals surface area (Å²) in [6, 6.07) is 13.3. The molecule has 1 amide bonds. The first kappa shape index (κ1) is 17.6. The zero-order valence-electron chi connectivity index (χ0n) is 13.8. The second-order valence-electron chi connectivity index (χ2n) is 5.36. The average Bonchev–Trinajstić information content (AvgIpc) is 2.65. The van der Waals surface area contributed by atoms with Gasteiger partial charge in [0.25, 0.3) is 5.56 Å². The number of halogens is 1. The van der Waals surface area contributed by atoms with Crippen LogP contribution in [0, 0.1) is 0 Å². The van der Waals surface area contributed by atoms with Gasteiger partial charge in [-0.3, -0.25) is 9.59 Å². The number of rotatable bonds is 5. The van der Waals surface area contributed by atoms with Crippen LogP contribution in [0.25, 0.3) is 11.3 Å². The summed E-state index contributed by atoms with van der Waals surface area (Å²) in [6.07, 6.45) is 1.47. The van der Waals surface area contributed by atoms with Crippen molar-refractivity contribution < 1.29 is 9.53 Å². The molecular formula is C18H15ClN4O3. The Balaban J connectivity index is 1.75. The Morgan fingerprint density at radius 1 is 1.15 bits per heavy atom. The third-order valence-corrected chi connectivity index (χ3v) is 3.78. The van der Waals surface area contributed by atoms with E-state index in [0.717, 1.165) is 10.2 Å². The summed E-state index contributed by atoms with van der Waals surface area (Å²) in [6.45, 7) is -0.216. The maximum Gasteiger partial charge on any atom is 0.267 e. The third kappa shape index (κ3) is 4.25. The van der Waals surface area contributed by atoms with Gasteiger partial charge in [-0.25, -0.2) is 9.67 Å². The highest BCUT2D eigenvalue weighted by Gasteiger charge is 2.09. The lowest BCUT2D eigenvalue weighted by molar-refractivity contribution is -0.117. The monoisotopic (exact) mass is 370 g/mol. The quantitative estimate of drug-likeness (QED) is 0.746. The molecule has 0 fully saturated rings. The lowest BCUT2D eigenvalue weighted by Gasteiger charge is -2.08. The molecule has 0 saturated carbocycles. The highest BCUT2D eigenvalue weighted by Crippen LogP contribution is 2.18. The van der Waals surface area contributed by atoms with Crippen LogP contribution in [0.5, 0.6) is 5.88 Å². The maximum atomic E-state index is 12.2. The van der Waals surface area contributed by atoms with Gasteiger partial charge in [-0.15, -0.1) is 0 Å². The molecule has 2 heterocycles. The second-order valence-corrected chi connectivity index (χ2v) is 5.80. The van der Waals surface area contributed by atoms with E-state index in [-0.39, 0.29) is 18.0 Å². The van der Waals surface area contributed by atoms with Crippen molar-refractivity contribution in [2.24, 2.45) is 0 Å². The van der Waals surface area contributed by atoms with E-state index in [1.54, 1.807) is 42.5 Å². The van der Waals surface area contributed by atoms with Gasteiger partial charge in [0.1, 0.15) is 6.54 Å². The van der Waals surface area contributed by atoms with Crippen LogP contribution >= 0.6 is 11.6 Å². The molecule has 0 spiro atoms. The van der Waals surface area contributed by atoms with Crippen molar-refractivity contribution in [2.75, 3.05) is 12.4 Å². The largest absolute Gasteiger partial charge is 0.481 e. The molecule has 0 bridgehead atoms. The highest BCUT2D eigenvalue weighted by molar-refractivity contribution is 6.30. The van der Waals surface area contributed by atoms with Crippen LogP contribution in [0.4, 0.5) is 5.69 Å². The van der Waals surface area contributed by atoms with E-state index in [0.29, 0.717) is 22.3 Å². The molecule has 132 valence electrons. The summed E-state index contributed by atoms with van der Waals surface area (Å²) in [4.78, 5) is 28.2. The van der Waals surface area contributed by atoms with Gasteiger partial charge in [0, 0.05) is 22.7 Å². The topological polar surface area (TPSA) is 86.1 Å². The molecule has 0 saturated heterocycles. The van der Waals surface area contributed by atoms with Crippen molar-refractivity contribution in [2.45, 2.75) is 6.54 Å². The molecule has 3 rings (SSSR count). The van der Waals surface area contributed by atoms with Gasteiger partial charge >= 0.3 is 0 Å². The summed E-state index contributed by atoms with van der Waals surface area (Å²) in [5.41, 5.74) is 1.49. The van der Waals surface area contributed by atoms with Crippen molar-refractivity contribution >= 4 is 23.2 Å². The number of benzene rings is 1. The molecule has 1 N–H and O–H groups in total. The van der Waals surface area contributed by atoms with Crippen LogP contribution in [-0.4, -0.2) is 27.8 Å². The summed E-state index contributed by atoms with van der Waals surface area (Å²) in [5.74, 6) is 0.0522. The first-order valence-electron chi connectivity index (χ1n) is 7.69. The number of aromatic nitrogens is 3. The zero-order chi connectivity index (χ0) is 18.5. The Morgan fingerprint density at radius 3 is 2.58 bits per heavy atom. The molecule has 2 aromatic heterocycles. The van der Waals surface area contributed by atoms with Crippen molar-refractivity contribution in [3.63, 3.8) is 0 Å². The first-order valence-corrected chi connectivity index (χ1v) is 8.07. The molecule has 0 atom stereocenters. The predicted molar refractivity (Wildman–Crippen MR) is 98.4 cm³/mol. The Bertz CT molecular complexity index is 969. The van der Waals surface area contributed by atoms with Crippen molar-refractivity contribution in [3.05, 3.63) is 70.1 Å². The number of hydrogen-bond donors (Lipinski definition) is 1. The molecule has 1 aromatic carbocycles. The minimum atomic E-state index is -0.389. The number of ether oxygens (including phenoxy) is 1. The van der Waals surface area contributed by atoms with Gasteiger partial charge in [0.05, 0.1) is 24.7 Å². The molecule has 3 aromatic rings. The van der Waals surface area contributed by atoms with Gasteiger partial charge < -0.3 is 10.1 Å². The molecule has 0 radical (unpaired) electrons. The van der Waals surface area contributed by atoms with Crippen LogP contribution in [0.1, 0.15) is 0 Å². The van der Waals surface area contributed by atoms with Gasteiger partial charge in [0.15, 0.2) is 0 Å².